The summed E-state index contributed by atoms with van der Waals surface area (Å²) in [5.74, 6) is 1.46. The normalized spacial score (nSPS) is 24.9. The van der Waals surface area contributed by atoms with E-state index in [1.807, 2.05) is 37.2 Å². The molecule has 2 aromatic carbocycles. The fourth-order valence-electron chi connectivity index (χ4n) is 6.11. The average Bonchev–Trinajstić information content (AvgIpc) is 3.45. The number of hydrogen-bond acceptors (Lipinski definition) is 3. The maximum absolute atomic E-state index is 13.4. The number of carbonyl (C=O) groups excluding carboxylic acids is 2. The lowest BCUT2D eigenvalue weighted by molar-refractivity contribution is -0.140. The van der Waals surface area contributed by atoms with Crippen LogP contribution in [0, 0.1) is 16.7 Å². The average molecular weight is 447 g/mol. The fourth-order valence-corrected chi connectivity index (χ4v) is 6.11. The minimum Gasteiger partial charge on any atom is -0.496 e. The third kappa shape index (κ3) is 3.81. The second-order valence-corrected chi connectivity index (χ2v) is 10.5. The van der Waals surface area contributed by atoms with Gasteiger partial charge >= 0.3 is 0 Å². The quantitative estimate of drug-likeness (QED) is 0.661. The summed E-state index contributed by atoms with van der Waals surface area (Å²) in [6, 6.07) is 16.4. The second-order valence-electron chi connectivity index (χ2n) is 10.5. The van der Waals surface area contributed by atoms with E-state index >= 15 is 0 Å². The van der Waals surface area contributed by atoms with Gasteiger partial charge in [0, 0.05) is 38.7 Å². The van der Waals surface area contributed by atoms with Gasteiger partial charge in [-0.2, -0.15) is 0 Å². The summed E-state index contributed by atoms with van der Waals surface area (Å²) >= 11 is 0. The maximum Gasteiger partial charge on any atom is 0.230 e. The summed E-state index contributed by atoms with van der Waals surface area (Å²) in [5, 5.41) is 0. The van der Waals surface area contributed by atoms with Gasteiger partial charge in [-0.3, -0.25) is 9.59 Å². The van der Waals surface area contributed by atoms with Crippen LogP contribution in [0.3, 0.4) is 0 Å². The molecule has 3 aliphatic rings. The molecule has 2 aliphatic carbocycles. The Morgan fingerprint density at radius 3 is 2.39 bits per heavy atom. The molecule has 0 aromatic heterocycles. The summed E-state index contributed by atoms with van der Waals surface area (Å²) in [7, 11) is 5.33. The summed E-state index contributed by atoms with van der Waals surface area (Å²) in [5.41, 5.74) is 3.04. The van der Waals surface area contributed by atoms with Gasteiger partial charge in [0.1, 0.15) is 5.75 Å². The van der Waals surface area contributed by atoms with Crippen LogP contribution >= 0.6 is 0 Å². The molecule has 1 aliphatic heterocycles. The number of ether oxygens (including phenoxy) is 1. The molecule has 0 unspecified atom stereocenters. The van der Waals surface area contributed by atoms with Gasteiger partial charge in [0.05, 0.1) is 12.5 Å². The molecule has 1 spiro atoms. The Hall–Kier alpha value is -2.82. The molecule has 5 heteroatoms. The van der Waals surface area contributed by atoms with Gasteiger partial charge in [-0.25, -0.2) is 0 Å². The van der Waals surface area contributed by atoms with Crippen molar-refractivity contribution in [3.63, 3.8) is 0 Å². The van der Waals surface area contributed by atoms with Crippen LogP contribution in [0.15, 0.2) is 48.5 Å². The lowest BCUT2D eigenvalue weighted by atomic mass is 9.79. The monoisotopic (exact) mass is 446 g/mol. The zero-order valence-electron chi connectivity index (χ0n) is 20.0. The molecule has 3 fully saturated rings. The van der Waals surface area contributed by atoms with Crippen molar-refractivity contribution in [2.45, 2.75) is 38.5 Å². The van der Waals surface area contributed by atoms with Crippen molar-refractivity contribution < 1.29 is 14.3 Å². The number of likely N-dealkylation sites (tertiary alicyclic amines) is 1. The Labute approximate surface area is 196 Å². The number of para-hydroxylation sites is 1. The first kappa shape index (κ1) is 22.0. The van der Waals surface area contributed by atoms with E-state index in [4.69, 9.17) is 4.74 Å². The van der Waals surface area contributed by atoms with Crippen molar-refractivity contribution >= 4 is 11.8 Å². The first-order valence-corrected chi connectivity index (χ1v) is 12.1. The van der Waals surface area contributed by atoms with Crippen LogP contribution in [0.2, 0.25) is 0 Å². The van der Waals surface area contributed by atoms with Gasteiger partial charge in [0.25, 0.3) is 0 Å². The number of benzene rings is 2. The Kier molecular flexibility index (Phi) is 5.46. The van der Waals surface area contributed by atoms with E-state index < -0.39 is 5.41 Å². The third-order valence-corrected chi connectivity index (χ3v) is 8.28. The van der Waals surface area contributed by atoms with Crippen molar-refractivity contribution in [2.75, 3.05) is 34.3 Å². The van der Waals surface area contributed by atoms with Crippen molar-refractivity contribution in [3.8, 4) is 16.9 Å². The van der Waals surface area contributed by atoms with Crippen LogP contribution < -0.4 is 4.74 Å². The standard InChI is InChI=1S/C28H34N2O3/c1-29(2)26(32)28(15-16-30(19-28)25(31)23-18-27(23)13-6-14-27)17-20-9-11-21(12-10-20)22-7-4-5-8-24(22)33-3/h4-5,7-12,23H,6,13-19H2,1-3H3/t23-,28+/m0/s1. The first-order valence-electron chi connectivity index (χ1n) is 12.1. The van der Waals surface area contributed by atoms with E-state index in [-0.39, 0.29) is 17.7 Å². The molecule has 5 rings (SSSR count). The van der Waals surface area contributed by atoms with Crippen LogP contribution in [-0.4, -0.2) is 55.9 Å². The summed E-state index contributed by atoms with van der Waals surface area (Å²) in [4.78, 5) is 30.2. The van der Waals surface area contributed by atoms with Gasteiger partial charge < -0.3 is 14.5 Å². The van der Waals surface area contributed by atoms with Gasteiger partial charge in [0.2, 0.25) is 11.8 Å². The van der Waals surface area contributed by atoms with Crippen molar-refractivity contribution in [2.24, 2.45) is 16.7 Å². The minimum atomic E-state index is -0.549. The Balaban J connectivity index is 1.34. The van der Waals surface area contributed by atoms with E-state index in [0.717, 1.165) is 35.3 Å². The number of carbonyl (C=O) groups is 2. The molecular weight excluding hydrogens is 412 g/mol. The minimum absolute atomic E-state index is 0.126. The highest BCUT2D eigenvalue weighted by Gasteiger charge is 2.62. The number of hydrogen-bond donors (Lipinski definition) is 0. The van der Waals surface area contributed by atoms with E-state index in [0.29, 0.717) is 24.9 Å². The van der Waals surface area contributed by atoms with Crippen LogP contribution in [0.25, 0.3) is 11.1 Å². The second kappa shape index (κ2) is 8.19. The molecule has 5 nitrogen and oxygen atoms in total. The van der Waals surface area contributed by atoms with Crippen molar-refractivity contribution in [1.29, 1.82) is 0 Å². The molecular formula is C28H34N2O3. The highest BCUT2D eigenvalue weighted by Crippen LogP contribution is 2.66. The highest BCUT2D eigenvalue weighted by atomic mass is 16.5. The van der Waals surface area contributed by atoms with Gasteiger partial charge in [-0.05, 0) is 54.7 Å². The smallest absolute Gasteiger partial charge is 0.230 e. The predicted molar refractivity (Wildman–Crippen MR) is 129 cm³/mol. The summed E-state index contributed by atoms with van der Waals surface area (Å²) in [6.45, 7) is 1.22. The first-order chi connectivity index (χ1) is 15.9. The zero-order valence-corrected chi connectivity index (χ0v) is 20.0. The topological polar surface area (TPSA) is 49.9 Å². The van der Waals surface area contributed by atoms with Gasteiger partial charge in [-0.15, -0.1) is 0 Å². The van der Waals surface area contributed by atoms with Gasteiger partial charge in [-0.1, -0.05) is 48.9 Å². The SMILES string of the molecule is COc1ccccc1-c1ccc(C[C@]2(C(=O)N(C)C)CCN(C(=O)[C@@H]3CC34CCC4)C2)cc1. The van der Waals surface area contributed by atoms with Crippen LogP contribution in [0.4, 0.5) is 0 Å². The van der Waals surface area contributed by atoms with Crippen LogP contribution in [0.1, 0.15) is 37.7 Å². The molecule has 2 atom stereocenters. The Morgan fingerprint density at radius 1 is 1.06 bits per heavy atom. The highest BCUT2D eigenvalue weighted by molar-refractivity contribution is 5.87. The summed E-state index contributed by atoms with van der Waals surface area (Å²) < 4.78 is 5.51. The molecule has 33 heavy (non-hydrogen) atoms. The fraction of sp³-hybridized carbons (Fsp3) is 0.500. The molecule has 0 radical (unpaired) electrons. The molecule has 2 saturated carbocycles. The van der Waals surface area contributed by atoms with Crippen LogP contribution in [-0.2, 0) is 16.0 Å². The zero-order chi connectivity index (χ0) is 23.2. The molecule has 0 N–H and O–H groups in total. The number of amides is 2. The Morgan fingerprint density at radius 2 is 1.79 bits per heavy atom. The molecule has 2 aromatic rings. The Bertz CT molecular complexity index is 1060. The molecule has 174 valence electrons. The van der Waals surface area contributed by atoms with Crippen LogP contribution in [0.5, 0.6) is 5.75 Å². The van der Waals surface area contributed by atoms with E-state index in [9.17, 15) is 9.59 Å². The number of rotatable bonds is 6. The van der Waals surface area contributed by atoms with Crippen molar-refractivity contribution in [3.05, 3.63) is 54.1 Å². The predicted octanol–water partition coefficient (Wildman–Crippen LogP) is 4.40. The lowest BCUT2D eigenvalue weighted by Gasteiger charge is -2.32. The van der Waals surface area contributed by atoms with Crippen molar-refractivity contribution in [1.82, 2.24) is 9.80 Å². The van der Waals surface area contributed by atoms with E-state index in [1.165, 1.54) is 19.3 Å². The number of methoxy groups -OCH3 is 1. The molecule has 0 bridgehead atoms. The molecule has 1 heterocycles. The largest absolute Gasteiger partial charge is 0.496 e. The molecule has 2 amide bonds. The van der Waals surface area contributed by atoms with E-state index in [2.05, 4.69) is 30.3 Å². The summed E-state index contributed by atoms with van der Waals surface area (Å²) in [6.07, 6.45) is 6.10. The number of nitrogens with zero attached hydrogens (tertiary/aromatic N) is 2. The van der Waals surface area contributed by atoms with E-state index in [1.54, 1.807) is 12.0 Å². The maximum atomic E-state index is 13.4. The van der Waals surface area contributed by atoms with Gasteiger partial charge in [0.15, 0.2) is 0 Å². The molecule has 1 saturated heterocycles. The third-order valence-electron chi connectivity index (χ3n) is 8.28. The lowest BCUT2D eigenvalue weighted by Crippen LogP contribution is -2.45.